The Morgan fingerprint density at radius 2 is 1.76 bits per heavy atom. The minimum Gasteiger partial charge on any atom is -0.302 e. The molecule has 0 spiro atoms. The molecule has 29 heavy (non-hydrogen) atoms. The van der Waals surface area contributed by atoms with Crippen LogP contribution >= 0.6 is 11.3 Å². The van der Waals surface area contributed by atoms with Gasteiger partial charge in [0.2, 0.25) is 15.9 Å². The summed E-state index contributed by atoms with van der Waals surface area (Å²) in [5.74, 6) is -0.103. The van der Waals surface area contributed by atoms with Gasteiger partial charge in [-0.05, 0) is 49.1 Å². The van der Waals surface area contributed by atoms with Gasteiger partial charge in [0.15, 0.2) is 5.13 Å². The van der Waals surface area contributed by atoms with Crippen molar-refractivity contribution in [3.63, 3.8) is 0 Å². The Morgan fingerprint density at radius 3 is 2.48 bits per heavy atom. The highest BCUT2D eigenvalue weighted by Gasteiger charge is 2.25. The van der Waals surface area contributed by atoms with Gasteiger partial charge in [0.25, 0.3) is 0 Å². The fourth-order valence-electron chi connectivity index (χ4n) is 3.45. The maximum absolute atomic E-state index is 12.7. The van der Waals surface area contributed by atoms with Crippen LogP contribution in [-0.4, -0.2) is 36.7 Å². The molecule has 0 saturated carbocycles. The van der Waals surface area contributed by atoms with Gasteiger partial charge in [0.05, 0.1) is 15.1 Å². The van der Waals surface area contributed by atoms with E-state index in [9.17, 15) is 13.2 Å². The number of aryl methyl sites for hydroxylation is 1. The number of sulfonamides is 1. The molecular weight excluding hydrogens is 406 g/mol. The van der Waals surface area contributed by atoms with Gasteiger partial charge < -0.3 is 5.32 Å². The number of amides is 1. The van der Waals surface area contributed by atoms with E-state index >= 15 is 0 Å². The number of hydrogen-bond donors (Lipinski definition) is 1. The molecule has 1 amide bonds. The average Bonchev–Trinajstić information content (AvgIpc) is 3.15. The van der Waals surface area contributed by atoms with Crippen molar-refractivity contribution in [3.8, 4) is 0 Å². The second-order valence-corrected chi connectivity index (χ2v) is 10.1. The fourth-order valence-corrected chi connectivity index (χ4v) is 5.85. The van der Waals surface area contributed by atoms with Crippen LogP contribution in [-0.2, 0) is 21.2 Å². The van der Waals surface area contributed by atoms with E-state index in [0.29, 0.717) is 36.0 Å². The zero-order chi connectivity index (χ0) is 20.3. The number of carbonyl (C=O) groups excluding carboxylic acids is 1. The number of rotatable bonds is 6. The summed E-state index contributed by atoms with van der Waals surface area (Å²) in [6.07, 6.45) is 3.78. The summed E-state index contributed by atoms with van der Waals surface area (Å²) in [7, 11) is -3.42. The fraction of sp³-hybridized carbons (Fsp3) is 0.333. The van der Waals surface area contributed by atoms with Gasteiger partial charge in [0.1, 0.15) is 0 Å². The van der Waals surface area contributed by atoms with E-state index in [1.54, 1.807) is 28.6 Å². The van der Waals surface area contributed by atoms with Crippen molar-refractivity contribution < 1.29 is 13.2 Å². The topological polar surface area (TPSA) is 79.4 Å². The van der Waals surface area contributed by atoms with E-state index in [4.69, 9.17) is 0 Å². The highest BCUT2D eigenvalue weighted by molar-refractivity contribution is 7.89. The predicted octanol–water partition coefficient (Wildman–Crippen LogP) is 4.04. The molecule has 1 aliphatic heterocycles. The lowest BCUT2D eigenvalue weighted by atomic mass is 10.1. The molecule has 6 nitrogen and oxygen atoms in total. The maximum Gasteiger partial charge on any atom is 0.243 e. The van der Waals surface area contributed by atoms with Crippen LogP contribution in [0.3, 0.4) is 0 Å². The first-order valence-corrected chi connectivity index (χ1v) is 12.0. The second kappa shape index (κ2) is 8.61. The van der Waals surface area contributed by atoms with Crippen molar-refractivity contribution in [3.05, 3.63) is 54.1 Å². The van der Waals surface area contributed by atoms with Crippen molar-refractivity contribution in [1.82, 2.24) is 9.29 Å². The molecule has 0 atom stereocenters. The van der Waals surface area contributed by atoms with Gasteiger partial charge in [-0.1, -0.05) is 42.0 Å². The number of benzene rings is 2. The van der Waals surface area contributed by atoms with E-state index in [2.05, 4.69) is 10.3 Å². The Bertz CT molecular complexity index is 1070. The molecule has 3 aromatic rings. The highest BCUT2D eigenvalue weighted by atomic mass is 32.2. The second-order valence-electron chi connectivity index (χ2n) is 7.14. The average molecular weight is 430 g/mol. The van der Waals surface area contributed by atoms with Crippen LogP contribution in [0.1, 0.15) is 31.2 Å². The summed E-state index contributed by atoms with van der Waals surface area (Å²) >= 11 is 1.45. The normalized spacial score (nSPS) is 15.4. The third-order valence-electron chi connectivity index (χ3n) is 5.06. The Hall–Kier alpha value is -2.29. The SMILES string of the molecule is O=C(CCc1ccc(S(=O)(=O)N2CCCCC2)cc1)Nc1nc2ccccc2s1. The Kier molecular flexibility index (Phi) is 5.94. The smallest absolute Gasteiger partial charge is 0.243 e. The number of carbonyl (C=O) groups is 1. The molecule has 1 aromatic heterocycles. The van der Waals surface area contributed by atoms with E-state index in [-0.39, 0.29) is 5.91 Å². The maximum atomic E-state index is 12.7. The molecule has 1 N–H and O–H groups in total. The first-order valence-electron chi connectivity index (χ1n) is 9.77. The van der Waals surface area contributed by atoms with E-state index < -0.39 is 10.0 Å². The minimum atomic E-state index is -3.42. The molecule has 1 aliphatic rings. The third kappa shape index (κ3) is 4.66. The van der Waals surface area contributed by atoms with Crippen LogP contribution in [0.4, 0.5) is 5.13 Å². The van der Waals surface area contributed by atoms with Crippen molar-refractivity contribution in [2.75, 3.05) is 18.4 Å². The Morgan fingerprint density at radius 1 is 1.03 bits per heavy atom. The first kappa shape index (κ1) is 20.0. The van der Waals surface area contributed by atoms with Gasteiger partial charge in [-0.15, -0.1) is 0 Å². The lowest BCUT2D eigenvalue weighted by molar-refractivity contribution is -0.116. The van der Waals surface area contributed by atoms with E-state index in [0.717, 1.165) is 35.0 Å². The molecule has 0 bridgehead atoms. The number of para-hydroxylation sites is 1. The van der Waals surface area contributed by atoms with Crippen LogP contribution < -0.4 is 5.32 Å². The number of aromatic nitrogens is 1. The summed E-state index contributed by atoms with van der Waals surface area (Å²) in [5, 5.41) is 3.44. The zero-order valence-electron chi connectivity index (χ0n) is 16.0. The van der Waals surface area contributed by atoms with Crippen molar-refractivity contribution in [2.24, 2.45) is 0 Å². The van der Waals surface area contributed by atoms with Gasteiger partial charge in [-0.25, -0.2) is 13.4 Å². The number of thiazole rings is 1. The van der Waals surface area contributed by atoms with Gasteiger partial charge >= 0.3 is 0 Å². The molecule has 2 heterocycles. The Balaban J connectivity index is 1.34. The number of piperidine rings is 1. The number of nitrogens with one attached hydrogen (secondary N) is 1. The number of anilines is 1. The molecule has 4 rings (SSSR count). The van der Waals surface area contributed by atoms with Gasteiger partial charge in [-0.2, -0.15) is 4.31 Å². The summed E-state index contributed by atoms with van der Waals surface area (Å²) in [6.45, 7) is 1.19. The van der Waals surface area contributed by atoms with Gasteiger partial charge in [-0.3, -0.25) is 4.79 Å². The van der Waals surface area contributed by atoms with Crippen LogP contribution in [0, 0.1) is 0 Å². The first-order chi connectivity index (χ1) is 14.0. The molecule has 8 heteroatoms. The molecular formula is C21H23N3O3S2. The van der Waals surface area contributed by atoms with Crippen LogP contribution in [0.25, 0.3) is 10.2 Å². The summed E-state index contributed by atoms with van der Waals surface area (Å²) < 4.78 is 28.0. The third-order valence-corrected chi connectivity index (χ3v) is 7.92. The Labute approximate surface area is 174 Å². The van der Waals surface area contributed by atoms with Crippen molar-refractivity contribution in [1.29, 1.82) is 0 Å². The van der Waals surface area contributed by atoms with Crippen LogP contribution in [0.5, 0.6) is 0 Å². The standard InChI is InChI=1S/C21H23N3O3S2/c25-20(23-21-22-18-6-2-3-7-19(18)28-21)13-10-16-8-11-17(12-9-16)29(26,27)24-14-4-1-5-15-24/h2-3,6-9,11-12H,1,4-5,10,13-15H2,(H,22,23,25). The molecule has 1 saturated heterocycles. The predicted molar refractivity (Wildman–Crippen MR) is 116 cm³/mol. The highest BCUT2D eigenvalue weighted by Crippen LogP contribution is 2.25. The quantitative estimate of drug-likeness (QED) is 0.641. The molecule has 0 aliphatic carbocycles. The van der Waals surface area contributed by atoms with Crippen molar-refractivity contribution in [2.45, 2.75) is 37.0 Å². The molecule has 0 radical (unpaired) electrons. The monoisotopic (exact) mass is 429 g/mol. The lowest BCUT2D eigenvalue weighted by Crippen LogP contribution is -2.35. The minimum absolute atomic E-state index is 0.103. The lowest BCUT2D eigenvalue weighted by Gasteiger charge is -2.25. The van der Waals surface area contributed by atoms with Crippen LogP contribution in [0.15, 0.2) is 53.4 Å². The van der Waals surface area contributed by atoms with Crippen molar-refractivity contribution >= 4 is 42.6 Å². The van der Waals surface area contributed by atoms with E-state index in [1.165, 1.54) is 11.3 Å². The molecule has 0 unspecified atom stereocenters. The number of hydrogen-bond acceptors (Lipinski definition) is 5. The van der Waals surface area contributed by atoms with E-state index in [1.807, 2.05) is 24.3 Å². The molecule has 1 fully saturated rings. The molecule has 152 valence electrons. The largest absolute Gasteiger partial charge is 0.302 e. The summed E-state index contributed by atoms with van der Waals surface area (Å²) in [5.41, 5.74) is 1.81. The number of nitrogens with zero attached hydrogens (tertiary/aromatic N) is 2. The summed E-state index contributed by atoms with van der Waals surface area (Å²) in [4.78, 5) is 17.0. The van der Waals surface area contributed by atoms with Gasteiger partial charge in [0, 0.05) is 19.5 Å². The molecule has 2 aromatic carbocycles. The zero-order valence-corrected chi connectivity index (χ0v) is 17.6. The summed E-state index contributed by atoms with van der Waals surface area (Å²) in [6, 6.07) is 14.6. The number of fused-ring (bicyclic) bond motifs is 1. The van der Waals surface area contributed by atoms with Crippen LogP contribution in [0.2, 0.25) is 0 Å².